The molecule has 0 unspecified atom stereocenters. The Labute approximate surface area is 207 Å². The van der Waals surface area contributed by atoms with Crippen LogP contribution in [0.4, 0.5) is 0 Å². The molecule has 0 bridgehead atoms. The summed E-state index contributed by atoms with van der Waals surface area (Å²) in [7, 11) is 0. The van der Waals surface area contributed by atoms with E-state index in [1.807, 2.05) is 11.3 Å². The highest BCUT2D eigenvalue weighted by Crippen LogP contribution is 2.45. The van der Waals surface area contributed by atoms with Crippen molar-refractivity contribution >= 4 is 64.0 Å². The third kappa shape index (κ3) is 3.29. The lowest BCUT2D eigenvalue weighted by Crippen LogP contribution is -2.11. The van der Waals surface area contributed by atoms with Crippen LogP contribution in [0.1, 0.15) is 51.5 Å². The van der Waals surface area contributed by atoms with E-state index in [1.54, 1.807) is 17.7 Å². The van der Waals surface area contributed by atoms with E-state index in [0.29, 0.717) is 5.92 Å². The van der Waals surface area contributed by atoms with E-state index in [2.05, 4.69) is 82.2 Å². The van der Waals surface area contributed by atoms with E-state index in [1.165, 1.54) is 31.3 Å². The number of benzene rings is 2. The van der Waals surface area contributed by atoms with Gasteiger partial charge in [0.15, 0.2) is 0 Å². The summed E-state index contributed by atoms with van der Waals surface area (Å²) in [5.41, 5.74) is 5.82. The SMILES string of the molecule is Cc1oc2c(ccc3sc4ncnc(-c5cc(C(C)(C)C)c6sccc6c5)c4c32)c1CC(C)C. The number of aromatic nitrogens is 2. The first-order valence-electron chi connectivity index (χ1n) is 11.8. The maximum Gasteiger partial charge on any atom is 0.143 e. The molecule has 0 saturated carbocycles. The molecule has 0 saturated heterocycles. The van der Waals surface area contributed by atoms with Gasteiger partial charge in [0.2, 0.25) is 0 Å². The van der Waals surface area contributed by atoms with Gasteiger partial charge in [0.25, 0.3) is 0 Å². The van der Waals surface area contributed by atoms with Crippen LogP contribution in [0.2, 0.25) is 0 Å². The second kappa shape index (κ2) is 7.62. The molecule has 6 aromatic rings. The first kappa shape index (κ1) is 21.8. The third-order valence-corrected chi connectivity index (χ3v) is 8.67. The molecule has 3 nitrogen and oxygen atoms in total. The summed E-state index contributed by atoms with van der Waals surface area (Å²) in [5.74, 6) is 1.59. The average molecular weight is 485 g/mol. The minimum Gasteiger partial charge on any atom is -0.460 e. The van der Waals surface area contributed by atoms with Gasteiger partial charge in [0, 0.05) is 36.7 Å². The molecule has 0 spiro atoms. The maximum absolute atomic E-state index is 6.46. The number of fused-ring (bicyclic) bond motifs is 6. The Morgan fingerprint density at radius 3 is 2.62 bits per heavy atom. The molecular formula is C29H28N2OS2. The zero-order chi connectivity index (χ0) is 23.8. The summed E-state index contributed by atoms with van der Waals surface area (Å²) >= 11 is 3.54. The molecule has 0 radical (unpaired) electrons. The van der Waals surface area contributed by atoms with Gasteiger partial charge < -0.3 is 4.42 Å². The standard InChI is InChI=1S/C29H28N2OS2/c1-15(2)11-20-16(3)32-26-19(20)7-8-22-23(26)24-25(30-14-31-28(24)34-22)18-12-17-9-10-33-27(17)21(13-18)29(4,5)6/h7-10,12-15H,11H2,1-6H3. The molecule has 34 heavy (non-hydrogen) atoms. The smallest absolute Gasteiger partial charge is 0.143 e. The van der Waals surface area contributed by atoms with Crippen LogP contribution in [0.5, 0.6) is 0 Å². The summed E-state index contributed by atoms with van der Waals surface area (Å²) in [4.78, 5) is 10.5. The quantitative estimate of drug-likeness (QED) is 0.251. The Bertz CT molecular complexity index is 1710. The van der Waals surface area contributed by atoms with Crippen LogP contribution in [0.25, 0.3) is 52.6 Å². The molecule has 172 valence electrons. The normalized spacial score (nSPS) is 12.8. The second-order valence-electron chi connectivity index (χ2n) is 10.7. The zero-order valence-electron chi connectivity index (χ0n) is 20.4. The van der Waals surface area contributed by atoms with Gasteiger partial charge >= 0.3 is 0 Å². The Balaban J connectivity index is 1.71. The van der Waals surface area contributed by atoms with Gasteiger partial charge in [-0.05, 0) is 71.3 Å². The highest BCUT2D eigenvalue weighted by atomic mass is 32.1. The lowest BCUT2D eigenvalue weighted by atomic mass is 9.85. The fraction of sp³-hybridized carbons (Fsp3) is 0.310. The number of furan rings is 1. The van der Waals surface area contributed by atoms with Crippen molar-refractivity contribution in [2.75, 3.05) is 0 Å². The summed E-state index contributed by atoms with van der Waals surface area (Å²) in [6.07, 6.45) is 2.72. The predicted octanol–water partition coefficient (Wildman–Crippen LogP) is 9.28. The van der Waals surface area contributed by atoms with E-state index < -0.39 is 0 Å². The van der Waals surface area contributed by atoms with Gasteiger partial charge in [0.1, 0.15) is 22.5 Å². The fourth-order valence-electron chi connectivity index (χ4n) is 5.07. The summed E-state index contributed by atoms with van der Waals surface area (Å²) in [6.45, 7) is 13.5. The van der Waals surface area contributed by atoms with Crippen LogP contribution in [0.15, 0.2) is 46.5 Å². The molecule has 0 amide bonds. The molecule has 2 aromatic carbocycles. The number of nitrogens with zero attached hydrogens (tertiary/aromatic N) is 2. The van der Waals surface area contributed by atoms with Crippen molar-refractivity contribution < 1.29 is 4.42 Å². The Morgan fingerprint density at radius 2 is 1.85 bits per heavy atom. The number of aryl methyl sites for hydroxylation is 1. The highest BCUT2D eigenvalue weighted by molar-refractivity contribution is 7.25. The number of thiophene rings is 2. The van der Waals surface area contributed by atoms with Crippen LogP contribution in [-0.2, 0) is 11.8 Å². The van der Waals surface area contributed by atoms with Crippen molar-refractivity contribution in [1.82, 2.24) is 9.97 Å². The van der Waals surface area contributed by atoms with Crippen molar-refractivity contribution in [2.24, 2.45) is 5.92 Å². The molecule has 4 heterocycles. The van der Waals surface area contributed by atoms with Crippen molar-refractivity contribution in [3.8, 4) is 11.3 Å². The van der Waals surface area contributed by atoms with E-state index in [4.69, 9.17) is 9.40 Å². The number of hydrogen-bond acceptors (Lipinski definition) is 5. The molecule has 6 rings (SSSR count). The van der Waals surface area contributed by atoms with Gasteiger partial charge in [-0.1, -0.05) is 34.6 Å². The van der Waals surface area contributed by atoms with E-state index in [9.17, 15) is 0 Å². The first-order valence-corrected chi connectivity index (χ1v) is 13.5. The van der Waals surface area contributed by atoms with Crippen molar-refractivity contribution in [3.63, 3.8) is 0 Å². The van der Waals surface area contributed by atoms with E-state index >= 15 is 0 Å². The minimum atomic E-state index is 0.0408. The van der Waals surface area contributed by atoms with Crippen LogP contribution in [0.3, 0.4) is 0 Å². The molecule has 0 aliphatic carbocycles. The van der Waals surface area contributed by atoms with E-state index in [0.717, 1.165) is 44.6 Å². The molecular weight excluding hydrogens is 456 g/mol. The Kier molecular flexibility index (Phi) is 4.88. The Hall–Kier alpha value is -2.76. The zero-order valence-corrected chi connectivity index (χ0v) is 22.1. The molecule has 0 aliphatic heterocycles. The van der Waals surface area contributed by atoms with Gasteiger partial charge in [0.05, 0.1) is 5.69 Å². The van der Waals surface area contributed by atoms with Crippen LogP contribution < -0.4 is 0 Å². The van der Waals surface area contributed by atoms with Gasteiger partial charge in [-0.2, -0.15) is 0 Å². The lowest BCUT2D eigenvalue weighted by Gasteiger charge is -2.21. The van der Waals surface area contributed by atoms with Gasteiger partial charge in [-0.3, -0.25) is 0 Å². The van der Waals surface area contributed by atoms with Crippen molar-refractivity contribution in [1.29, 1.82) is 0 Å². The molecule has 0 atom stereocenters. The van der Waals surface area contributed by atoms with Gasteiger partial charge in [-0.25, -0.2) is 9.97 Å². The maximum atomic E-state index is 6.46. The molecule has 5 heteroatoms. The van der Waals surface area contributed by atoms with Gasteiger partial charge in [-0.15, -0.1) is 22.7 Å². The van der Waals surface area contributed by atoms with E-state index in [-0.39, 0.29) is 5.41 Å². The predicted molar refractivity (Wildman–Crippen MR) is 147 cm³/mol. The monoisotopic (exact) mass is 484 g/mol. The second-order valence-corrected chi connectivity index (χ2v) is 12.6. The summed E-state index contributed by atoms with van der Waals surface area (Å²) in [6, 6.07) is 11.3. The van der Waals surface area contributed by atoms with Crippen LogP contribution >= 0.6 is 22.7 Å². The Morgan fingerprint density at radius 1 is 1.03 bits per heavy atom. The lowest BCUT2D eigenvalue weighted by molar-refractivity contribution is 0.562. The third-order valence-electron chi connectivity index (χ3n) is 6.64. The molecule has 4 aromatic heterocycles. The molecule has 0 fully saturated rings. The minimum absolute atomic E-state index is 0.0408. The summed E-state index contributed by atoms with van der Waals surface area (Å²) in [5, 5.41) is 6.93. The number of hydrogen-bond donors (Lipinski definition) is 0. The molecule has 0 aliphatic rings. The first-order chi connectivity index (χ1) is 16.2. The topological polar surface area (TPSA) is 38.9 Å². The van der Waals surface area contributed by atoms with Crippen LogP contribution in [0, 0.1) is 12.8 Å². The number of rotatable bonds is 3. The fourth-order valence-corrected chi connectivity index (χ4v) is 7.21. The highest BCUT2D eigenvalue weighted by Gasteiger charge is 2.23. The average Bonchev–Trinajstić information content (AvgIpc) is 3.47. The van der Waals surface area contributed by atoms with Crippen LogP contribution in [-0.4, -0.2) is 9.97 Å². The van der Waals surface area contributed by atoms with Crippen molar-refractivity contribution in [3.05, 3.63) is 58.9 Å². The summed E-state index contributed by atoms with van der Waals surface area (Å²) < 4.78 is 9.02. The van der Waals surface area contributed by atoms with Crippen molar-refractivity contribution in [2.45, 2.75) is 53.4 Å². The molecule has 0 N–H and O–H groups in total. The largest absolute Gasteiger partial charge is 0.460 e.